The molecule has 0 atom stereocenters. The Labute approximate surface area is 150 Å². The summed E-state index contributed by atoms with van der Waals surface area (Å²) in [4.78, 5) is 33.7. The largest absolute Gasteiger partial charge is 0.455 e. The maximum Gasteiger partial charge on any atom is 0.418 e. The van der Waals surface area contributed by atoms with Gasteiger partial charge in [0, 0.05) is 11.6 Å². The molecule has 0 aromatic heterocycles. The highest BCUT2D eigenvalue weighted by Gasteiger charge is 2.33. The molecule has 0 unspecified atom stereocenters. The lowest BCUT2D eigenvalue weighted by atomic mass is 10.1. The minimum absolute atomic E-state index is 0.0929. The molecule has 7 nitrogen and oxygen atoms in total. The third kappa shape index (κ3) is 5.53. The standard InChI is InChI=1S/C17H13F3N2O5/c18-17(19,20)12-6-2-3-7-13(12)21-15(23)10-27-16(24)9-11-5-1-4-8-14(11)22(25)26/h1-8H,9-10H2,(H,21,23). The van der Waals surface area contributed by atoms with Crippen molar-refractivity contribution in [3.63, 3.8) is 0 Å². The number of halogens is 3. The Balaban J connectivity index is 1.95. The average Bonchev–Trinajstić information content (AvgIpc) is 2.60. The molecule has 0 fully saturated rings. The lowest BCUT2D eigenvalue weighted by Gasteiger charge is -2.13. The van der Waals surface area contributed by atoms with Crippen LogP contribution in [0, 0.1) is 10.1 Å². The number of nitro groups is 1. The number of carbonyl (C=O) groups is 2. The van der Waals surface area contributed by atoms with E-state index in [4.69, 9.17) is 0 Å². The molecule has 2 aromatic carbocycles. The van der Waals surface area contributed by atoms with Crippen molar-refractivity contribution in [1.82, 2.24) is 0 Å². The number of nitrogens with one attached hydrogen (secondary N) is 1. The number of carbonyl (C=O) groups excluding carboxylic acids is 2. The van der Waals surface area contributed by atoms with E-state index in [2.05, 4.69) is 4.74 Å². The molecule has 2 aromatic rings. The number of nitro benzene ring substituents is 1. The second kappa shape index (κ2) is 8.30. The normalized spacial score (nSPS) is 10.9. The molecule has 1 N–H and O–H groups in total. The zero-order valence-electron chi connectivity index (χ0n) is 13.7. The Bertz CT molecular complexity index is 868. The van der Waals surface area contributed by atoms with Gasteiger partial charge in [-0.1, -0.05) is 30.3 Å². The first-order valence-electron chi connectivity index (χ1n) is 7.52. The Morgan fingerprint density at radius 2 is 1.70 bits per heavy atom. The van der Waals surface area contributed by atoms with Gasteiger partial charge in [0.1, 0.15) is 0 Å². The number of anilines is 1. The summed E-state index contributed by atoms with van der Waals surface area (Å²) < 4.78 is 43.3. The van der Waals surface area contributed by atoms with Crippen molar-refractivity contribution in [2.45, 2.75) is 12.6 Å². The number of amides is 1. The van der Waals surface area contributed by atoms with E-state index in [1.165, 1.54) is 36.4 Å². The number of hydrogen-bond donors (Lipinski definition) is 1. The van der Waals surface area contributed by atoms with Crippen molar-refractivity contribution < 1.29 is 32.4 Å². The van der Waals surface area contributed by atoms with E-state index >= 15 is 0 Å². The maximum atomic E-state index is 12.9. The van der Waals surface area contributed by atoms with E-state index in [1.54, 1.807) is 0 Å². The predicted molar refractivity (Wildman–Crippen MR) is 87.8 cm³/mol. The molecule has 0 saturated carbocycles. The first kappa shape index (κ1) is 19.9. The summed E-state index contributed by atoms with van der Waals surface area (Å²) in [5.41, 5.74) is -1.69. The van der Waals surface area contributed by atoms with Crippen LogP contribution in [-0.2, 0) is 26.9 Å². The van der Waals surface area contributed by atoms with E-state index in [-0.39, 0.29) is 11.3 Å². The van der Waals surface area contributed by atoms with Gasteiger partial charge in [0.25, 0.3) is 11.6 Å². The molecule has 0 heterocycles. The third-order valence-electron chi connectivity index (χ3n) is 3.39. The zero-order chi connectivity index (χ0) is 20.0. The summed E-state index contributed by atoms with van der Waals surface area (Å²) in [5.74, 6) is -1.90. The van der Waals surface area contributed by atoms with Crippen molar-refractivity contribution in [3.8, 4) is 0 Å². The van der Waals surface area contributed by atoms with Crippen molar-refractivity contribution in [3.05, 3.63) is 69.8 Å². The summed E-state index contributed by atoms with van der Waals surface area (Å²) >= 11 is 0. The van der Waals surface area contributed by atoms with Gasteiger partial charge in [0.15, 0.2) is 6.61 Å². The fraction of sp³-hybridized carbons (Fsp3) is 0.176. The second-order valence-electron chi connectivity index (χ2n) is 5.31. The van der Waals surface area contributed by atoms with Gasteiger partial charge in [0.2, 0.25) is 0 Å². The lowest BCUT2D eigenvalue weighted by molar-refractivity contribution is -0.385. The highest BCUT2D eigenvalue weighted by molar-refractivity contribution is 5.93. The van der Waals surface area contributed by atoms with Crippen molar-refractivity contribution in [1.29, 1.82) is 0 Å². The van der Waals surface area contributed by atoms with E-state index < -0.39 is 47.3 Å². The monoisotopic (exact) mass is 382 g/mol. The van der Waals surface area contributed by atoms with Crippen LogP contribution < -0.4 is 5.32 Å². The van der Waals surface area contributed by atoms with Gasteiger partial charge >= 0.3 is 12.1 Å². The molecular weight excluding hydrogens is 369 g/mol. The predicted octanol–water partition coefficient (Wildman–Crippen LogP) is 3.34. The summed E-state index contributed by atoms with van der Waals surface area (Å²) in [5, 5.41) is 12.9. The van der Waals surface area contributed by atoms with Crippen LogP contribution >= 0.6 is 0 Å². The zero-order valence-corrected chi connectivity index (χ0v) is 13.7. The molecule has 0 saturated heterocycles. The van der Waals surface area contributed by atoms with Crippen molar-refractivity contribution >= 4 is 23.3 Å². The molecule has 0 aliphatic rings. The first-order valence-corrected chi connectivity index (χ1v) is 7.52. The van der Waals surface area contributed by atoms with Gasteiger partial charge in [-0.05, 0) is 12.1 Å². The molecule has 10 heteroatoms. The quantitative estimate of drug-likeness (QED) is 0.469. The minimum Gasteiger partial charge on any atom is -0.455 e. The summed E-state index contributed by atoms with van der Waals surface area (Å²) in [6.45, 7) is -0.828. The molecule has 2 rings (SSSR count). The average molecular weight is 382 g/mol. The number of para-hydroxylation sites is 2. The summed E-state index contributed by atoms with van der Waals surface area (Å²) in [7, 11) is 0. The minimum atomic E-state index is -4.66. The highest BCUT2D eigenvalue weighted by atomic mass is 19.4. The summed E-state index contributed by atoms with van der Waals surface area (Å²) in [6.07, 6.45) is -5.11. The molecule has 0 radical (unpaired) electrons. The molecule has 27 heavy (non-hydrogen) atoms. The smallest absolute Gasteiger partial charge is 0.418 e. The fourth-order valence-electron chi connectivity index (χ4n) is 2.22. The number of benzene rings is 2. The van der Waals surface area contributed by atoms with E-state index in [0.29, 0.717) is 0 Å². The number of ether oxygens (including phenoxy) is 1. The Hall–Kier alpha value is -3.43. The van der Waals surface area contributed by atoms with Gasteiger partial charge in [0.05, 0.1) is 22.6 Å². The molecule has 0 aliphatic carbocycles. The van der Waals surface area contributed by atoms with Gasteiger partial charge in [-0.25, -0.2) is 0 Å². The number of alkyl halides is 3. The van der Waals surface area contributed by atoms with Crippen LogP contribution in [0.15, 0.2) is 48.5 Å². The SMILES string of the molecule is O=C(COC(=O)Cc1ccccc1[N+](=O)[O-])Nc1ccccc1C(F)(F)F. The highest BCUT2D eigenvalue weighted by Crippen LogP contribution is 2.34. The molecular formula is C17H13F3N2O5. The molecule has 0 spiro atoms. The van der Waals surface area contributed by atoms with Crippen LogP contribution in [0.3, 0.4) is 0 Å². The summed E-state index contributed by atoms with van der Waals surface area (Å²) in [6, 6.07) is 9.85. The third-order valence-corrected chi connectivity index (χ3v) is 3.39. The first-order chi connectivity index (χ1) is 12.7. The molecule has 0 bridgehead atoms. The van der Waals surface area contributed by atoms with E-state index in [9.17, 15) is 32.9 Å². The Morgan fingerprint density at radius 1 is 1.07 bits per heavy atom. The van der Waals surface area contributed by atoms with Crippen molar-refractivity contribution in [2.75, 3.05) is 11.9 Å². The topological polar surface area (TPSA) is 98.5 Å². The Morgan fingerprint density at radius 3 is 2.37 bits per heavy atom. The number of nitrogens with zero attached hydrogens (tertiary/aromatic N) is 1. The van der Waals surface area contributed by atoms with E-state index in [1.807, 2.05) is 5.32 Å². The van der Waals surface area contributed by atoms with Crippen LogP contribution in [0.1, 0.15) is 11.1 Å². The van der Waals surface area contributed by atoms with Crippen LogP contribution in [0.25, 0.3) is 0 Å². The Kier molecular flexibility index (Phi) is 6.11. The second-order valence-corrected chi connectivity index (χ2v) is 5.31. The van der Waals surface area contributed by atoms with Gasteiger partial charge in [-0.3, -0.25) is 19.7 Å². The van der Waals surface area contributed by atoms with E-state index in [0.717, 1.165) is 12.1 Å². The van der Waals surface area contributed by atoms with Crippen LogP contribution in [-0.4, -0.2) is 23.4 Å². The molecule has 0 aliphatic heterocycles. The van der Waals surface area contributed by atoms with Crippen LogP contribution in [0.2, 0.25) is 0 Å². The maximum absolute atomic E-state index is 12.9. The molecule has 142 valence electrons. The van der Waals surface area contributed by atoms with Gasteiger partial charge in [-0.2, -0.15) is 13.2 Å². The van der Waals surface area contributed by atoms with Crippen molar-refractivity contribution in [2.24, 2.45) is 0 Å². The number of esters is 1. The number of rotatable bonds is 6. The van der Waals surface area contributed by atoms with Gasteiger partial charge < -0.3 is 10.1 Å². The lowest BCUT2D eigenvalue weighted by Crippen LogP contribution is -2.23. The fourth-order valence-corrected chi connectivity index (χ4v) is 2.22. The molecule has 1 amide bonds. The van der Waals surface area contributed by atoms with Crippen LogP contribution in [0.5, 0.6) is 0 Å². The van der Waals surface area contributed by atoms with Crippen LogP contribution in [0.4, 0.5) is 24.5 Å². The van der Waals surface area contributed by atoms with Gasteiger partial charge in [-0.15, -0.1) is 0 Å². The number of hydrogen-bond acceptors (Lipinski definition) is 5.